The SMILES string of the molecule is CCCCCCC(CC)C[P+](CC(CC)CCCCCC)(CC(CC)CCCCCC)CC(CC)CCCCCC. The molecule has 41 heavy (non-hydrogen) atoms. The third-order valence-corrected chi connectivity index (χ3v) is 15.9. The van der Waals surface area contributed by atoms with Gasteiger partial charge in [-0.1, -0.05) is 158 Å². The molecule has 0 aliphatic carbocycles. The van der Waals surface area contributed by atoms with E-state index in [-0.39, 0.29) is 0 Å². The summed E-state index contributed by atoms with van der Waals surface area (Å²) in [6, 6.07) is 0. The Morgan fingerprint density at radius 2 is 0.512 bits per heavy atom. The van der Waals surface area contributed by atoms with Crippen LogP contribution in [0.4, 0.5) is 0 Å². The predicted octanol–water partition coefficient (Wildman–Crippen LogP) is 15.0. The van der Waals surface area contributed by atoms with E-state index in [1.54, 1.807) is 24.6 Å². The Morgan fingerprint density at radius 3 is 0.683 bits per heavy atom. The first-order valence-corrected chi connectivity index (χ1v) is 22.4. The average Bonchev–Trinajstić information content (AvgIpc) is 2.99. The van der Waals surface area contributed by atoms with Crippen LogP contribution < -0.4 is 0 Å². The minimum atomic E-state index is -1.01. The van der Waals surface area contributed by atoms with E-state index in [2.05, 4.69) is 55.4 Å². The smallest absolute Gasteiger partial charge is 0.0622 e. The first kappa shape index (κ1) is 41.4. The molecule has 0 spiro atoms. The van der Waals surface area contributed by atoms with Gasteiger partial charge in [0.15, 0.2) is 0 Å². The normalized spacial score (nSPS) is 16.4. The van der Waals surface area contributed by atoms with Crippen LogP contribution in [0.5, 0.6) is 0 Å². The van der Waals surface area contributed by atoms with E-state index >= 15 is 0 Å². The third kappa shape index (κ3) is 21.7. The molecule has 248 valence electrons. The summed E-state index contributed by atoms with van der Waals surface area (Å²) in [6.45, 7) is 19.7. The summed E-state index contributed by atoms with van der Waals surface area (Å²) in [6.07, 6.45) is 41.5. The first-order chi connectivity index (χ1) is 20.0. The molecule has 4 unspecified atom stereocenters. The summed E-state index contributed by atoms with van der Waals surface area (Å²) in [7, 11) is -1.01. The van der Waals surface area contributed by atoms with Crippen molar-refractivity contribution in [1.82, 2.24) is 0 Å². The zero-order valence-corrected chi connectivity index (χ0v) is 31.5. The van der Waals surface area contributed by atoms with Gasteiger partial charge in [0, 0.05) is 7.26 Å². The molecule has 0 saturated heterocycles. The largest absolute Gasteiger partial charge is 0.0654 e. The van der Waals surface area contributed by atoms with Crippen LogP contribution in [-0.4, -0.2) is 24.6 Å². The molecule has 0 nitrogen and oxygen atoms in total. The summed E-state index contributed by atoms with van der Waals surface area (Å²) in [4.78, 5) is 0. The second-order valence-electron chi connectivity index (χ2n) is 14.6. The van der Waals surface area contributed by atoms with Crippen LogP contribution in [0.2, 0.25) is 0 Å². The molecule has 4 atom stereocenters. The topological polar surface area (TPSA) is 0 Å². The fourth-order valence-electron chi connectivity index (χ4n) is 7.78. The highest BCUT2D eigenvalue weighted by Crippen LogP contribution is 2.65. The fourth-order valence-corrected chi connectivity index (χ4v) is 14.8. The van der Waals surface area contributed by atoms with Crippen LogP contribution in [0, 0.1) is 23.7 Å². The van der Waals surface area contributed by atoms with Crippen molar-refractivity contribution in [2.75, 3.05) is 24.6 Å². The zero-order valence-electron chi connectivity index (χ0n) is 30.6. The molecule has 0 amide bonds. The summed E-state index contributed by atoms with van der Waals surface area (Å²) in [5.41, 5.74) is 0. The van der Waals surface area contributed by atoms with Crippen LogP contribution in [0.1, 0.15) is 209 Å². The molecule has 0 aliphatic rings. The highest BCUT2D eigenvalue weighted by molar-refractivity contribution is 7.75. The fraction of sp³-hybridized carbons (Fsp3) is 1.00. The van der Waals surface area contributed by atoms with Gasteiger partial charge in [0.1, 0.15) is 0 Å². The van der Waals surface area contributed by atoms with E-state index in [0.29, 0.717) is 0 Å². The minimum Gasteiger partial charge on any atom is -0.0654 e. The molecule has 0 fully saturated rings. The number of rotatable bonds is 32. The van der Waals surface area contributed by atoms with Crippen molar-refractivity contribution < 1.29 is 0 Å². The molecule has 0 aromatic carbocycles. The van der Waals surface area contributed by atoms with Crippen molar-refractivity contribution in [1.29, 1.82) is 0 Å². The predicted molar refractivity (Wildman–Crippen MR) is 197 cm³/mol. The maximum atomic E-state index is 2.55. The number of unbranched alkanes of at least 4 members (excludes halogenated alkanes) is 12. The lowest BCUT2D eigenvalue weighted by Gasteiger charge is -2.38. The van der Waals surface area contributed by atoms with Gasteiger partial charge >= 0.3 is 0 Å². The first-order valence-electron chi connectivity index (χ1n) is 19.8. The van der Waals surface area contributed by atoms with E-state index in [9.17, 15) is 0 Å². The lowest BCUT2D eigenvalue weighted by molar-refractivity contribution is 0.443. The van der Waals surface area contributed by atoms with Gasteiger partial charge in [0.2, 0.25) is 0 Å². The van der Waals surface area contributed by atoms with Gasteiger partial charge in [0.25, 0.3) is 0 Å². The van der Waals surface area contributed by atoms with Crippen molar-refractivity contribution in [3.05, 3.63) is 0 Å². The molecular formula is C40H84P+. The Labute approximate surface area is 264 Å². The molecule has 0 heterocycles. The van der Waals surface area contributed by atoms with Crippen LogP contribution >= 0.6 is 7.26 Å². The lowest BCUT2D eigenvalue weighted by atomic mass is 9.99. The van der Waals surface area contributed by atoms with Crippen LogP contribution in [0.25, 0.3) is 0 Å². The maximum absolute atomic E-state index is 2.55. The molecule has 0 saturated carbocycles. The molecule has 0 radical (unpaired) electrons. The molecule has 0 aliphatic heterocycles. The molecular weight excluding hydrogens is 511 g/mol. The Kier molecular flexibility index (Phi) is 29.5. The van der Waals surface area contributed by atoms with Crippen LogP contribution in [-0.2, 0) is 0 Å². The highest BCUT2D eigenvalue weighted by atomic mass is 31.2. The minimum absolute atomic E-state index is 0.994. The van der Waals surface area contributed by atoms with Crippen molar-refractivity contribution in [3.63, 3.8) is 0 Å². The Bertz CT molecular complexity index is 419. The molecule has 0 aromatic heterocycles. The summed E-state index contributed by atoms with van der Waals surface area (Å²) in [5, 5.41) is 0. The van der Waals surface area contributed by atoms with Crippen LogP contribution in [0.15, 0.2) is 0 Å². The van der Waals surface area contributed by atoms with Crippen molar-refractivity contribution in [2.45, 2.75) is 209 Å². The number of hydrogen-bond acceptors (Lipinski definition) is 0. The van der Waals surface area contributed by atoms with E-state index in [1.807, 2.05) is 0 Å². The quantitative estimate of drug-likeness (QED) is 0.0536. The Morgan fingerprint density at radius 1 is 0.293 bits per heavy atom. The third-order valence-electron chi connectivity index (χ3n) is 10.8. The maximum Gasteiger partial charge on any atom is 0.0622 e. The van der Waals surface area contributed by atoms with Gasteiger partial charge in [-0.3, -0.25) is 0 Å². The highest BCUT2D eigenvalue weighted by Gasteiger charge is 2.44. The monoisotopic (exact) mass is 596 g/mol. The van der Waals surface area contributed by atoms with E-state index in [0.717, 1.165) is 23.7 Å². The van der Waals surface area contributed by atoms with Gasteiger partial charge in [-0.15, -0.1) is 0 Å². The van der Waals surface area contributed by atoms with Crippen molar-refractivity contribution >= 4 is 7.26 Å². The van der Waals surface area contributed by atoms with Gasteiger partial charge in [-0.05, 0) is 75.0 Å². The Hall–Kier alpha value is 0.430. The van der Waals surface area contributed by atoms with E-state index in [1.165, 1.54) is 154 Å². The molecule has 0 rings (SSSR count). The summed E-state index contributed by atoms with van der Waals surface area (Å²) in [5.74, 6) is 3.97. The molecule has 0 bridgehead atoms. The van der Waals surface area contributed by atoms with Crippen LogP contribution in [0.3, 0.4) is 0 Å². The standard InChI is InChI=1S/C40H84P/c1-9-17-21-25-29-37(13-5)33-41(34-38(14-6)30-26-22-18-10-2,35-39(15-7)31-27-23-19-11-3)36-40(16-8)32-28-24-20-12-4/h37-40H,9-36H2,1-8H3/q+1. The Balaban J connectivity index is 6.13. The number of hydrogen-bond donors (Lipinski definition) is 0. The molecule has 0 N–H and O–H groups in total. The van der Waals surface area contributed by atoms with Gasteiger partial charge in [-0.2, -0.15) is 0 Å². The van der Waals surface area contributed by atoms with E-state index < -0.39 is 7.26 Å². The van der Waals surface area contributed by atoms with Crippen molar-refractivity contribution in [3.8, 4) is 0 Å². The average molecular weight is 596 g/mol. The second kappa shape index (κ2) is 29.2. The van der Waals surface area contributed by atoms with Crippen molar-refractivity contribution in [2.24, 2.45) is 23.7 Å². The van der Waals surface area contributed by atoms with E-state index in [4.69, 9.17) is 0 Å². The zero-order chi connectivity index (χ0) is 30.6. The lowest BCUT2D eigenvalue weighted by Crippen LogP contribution is -2.28. The van der Waals surface area contributed by atoms with Gasteiger partial charge in [-0.25, -0.2) is 0 Å². The summed E-state index contributed by atoms with van der Waals surface area (Å²) >= 11 is 0. The summed E-state index contributed by atoms with van der Waals surface area (Å²) < 4.78 is 0. The van der Waals surface area contributed by atoms with Gasteiger partial charge < -0.3 is 0 Å². The molecule has 1 heteroatoms. The second-order valence-corrected chi connectivity index (χ2v) is 18.7. The van der Waals surface area contributed by atoms with Gasteiger partial charge in [0.05, 0.1) is 24.6 Å². The molecule has 0 aromatic rings.